The monoisotopic (exact) mass is 284 g/mol. The Morgan fingerprint density at radius 3 is 2.81 bits per heavy atom. The fourth-order valence-corrected chi connectivity index (χ4v) is 3.00. The predicted octanol–water partition coefficient (Wildman–Crippen LogP) is 3.39. The van der Waals surface area contributed by atoms with Gasteiger partial charge in [0.25, 0.3) is 5.91 Å². The van der Waals surface area contributed by atoms with E-state index in [1.54, 1.807) is 6.92 Å². The van der Waals surface area contributed by atoms with E-state index in [0.717, 1.165) is 32.4 Å². The van der Waals surface area contributed by atoms with E-state index < -0.39 is 0 Å². The normalized spacial score (nSPS) is 19.3. The molecule has 1 amide bonds. The summed E-state index contributed by atoms with van der Waals surface area (Å²) < 4.78 is 5.02. The molecule has 1 aliphatic heterocycles. The summed E-state index contributed by atoms with van der Waals surface area (Å²) in [5.74, 6) is 1.05. The van der Waals surface area contributed by atoms with Crippen LogP contribution in [0.3, 0.4) is 0 Å². The topological polar surface area (TPSA) is 46.3 Å². The van der Waals surface area contributed by atoms with Gasteiger partial charge in [0.05, 0.1) is 6.20 Å². The maximum Gasteiger partial charge on any atom is 0.259 e. The fraction of sp³-hybridized carbons (Fsp3) is 0.412. The van der Waals surface area contributed by atoms with Crippen LogP contribution in [0.4, 0.5) is 0 Å². The van der Waals surface area contributed by atoms with Gasteiger partial charge in [0, 0.05) is 19.0 Å². The molecule has 1 fully saturated rings. The van der Waals surface area contributed by atoms with E-state index in [0.29, 0.717) is 17.2 Å². The average molecular weight is 284 g/mol. The zero-order chi connectivity index (χ0) is 14.7. The molecule has 0 unspecified atom stereocenters. The number of likely N-dealkylation sites (tertiary alicyclic amines) is 1. The molecule has 1 atom stereocenters. The Hall–Kier alpha value is -2.10. The number of hydrogen-bond acceptors (Lipinski definition) is 3. The van der Waals surface area contributed by atoms with Crippen molar-refractivity contribution in [1.29, 1.82) is 0 Å². The second-order valence-electron chi connectivity index (χ2n) is 5.65. The molecule has 0 saturated carbocycles. The molecule has 1 aliphatic rings. The number of amides is 1. The second-order valence-corrected chi connectivity index (χ2v) is 5.65. The molecule has 110 valence electrons. The van der Waals surface area contributed by atoms with Crippen molar-refractivity contribution in [3.8, 4) is 0 Å². The lowest BCUT2D eigenvalue weighted by Gasteiger charge is -2.24. The van der Waals surface area contributed by atoms with Gasteiger partial charge in [0.15, 0.2) is 0 Å². The Labute approximate surface area is 124 Å². The van der Waals surface area contributed by atoms with Gasteiger partial charge in [-0.2, -0.15) is 0 Å². The molecule has 2 heterocycles. The summed E-state index contributed by atoms with van der Waals surface area (Å²) in [6, 6.07) is 10.5. The molecule has 0 aliphatic carbocycles. The molecule has 1 aromatic carbocycles. The van der Waals surface area contributed by atoms with Crippen LogP contribution < -0.4 is 0 Å². The smallest absolute Gasteiger partial charge is 0.259 e. The van der Waals surface area contributed by atoms with Crippen LogP contribution in [0.15, 0.2) is 41.1 Å². The van der Waals surface area contributed by atoms with Crippen molar-refractivity contribution < 1.29 is 9.32 Å². The Morgan fingerprint density at radius 1 is 1.29 bits per heavy atom. The number of benzene rings is 1. The van der Waals surface area contributed by atoms with Gasteiger partial charge in [-0.3, -0.25) is 4.79 Å². The molecular formula is C17H20N2O2. The first kappa shape index (κ1) is 13.9. The number of carbonyl (C=O) groups is 1. The first-order valence-corrected chi connectivity index (χ1v) is 7.51. The number of rotatable bonds is 2. The molecule has 0 bridgehead atoms. The summed E-state index contributed by atoms with van der Waals surface area (Å²) >= 11 is 0. The van der Waals surface area contributed by atoms with Crippen molar-refractivity contribution in [2.24, 2.45) is 0 Å². The highest BCUT2D eigenvalue weighted by Gasteiger charge is 2.25. The van der Waals surface area contributed by atoms with E-state index in [4.69, 9.17) is 4.52 Å². The Morgan fingerprint density at radius 2 is 2.10 bits per heavy atom. The first-order chi connectivity index (χ1) is 10.3. The van der Waals surface area contributed by atoms with Crippen molar-refractivity contribution in [1.82, 2.24) is 10.1 Å². The molecule has 0 radical (unpaired) electrons. The first-order valence-electron chi connectivity index (χ1n) is 7.51. The summed E-state index contributed by atoms with van der Waals surface area (Å²) in [4.78, 5) is 14.6. The number of carbonyl (C=O) groups excluding carboxylic acids is 1. The predicted molar refractivity (Wildman–Crippen MR) is 80.2 cm³/mol. The lowest BCUT2D eigenvalue weighted by Crippen LogP contribution is -2.34. The van der Waals surface area contributed by atoms with Crippen LogP contribution in [0.25, 0.3) is 0 Å². The summed E-state index contributed by atoms with van der Waals surface area (Å²) in [6.45, 7) is 3.37. The molecule has 1 aromatic heterocycles. The number of aryl methyl sites for hydroxylation is 1. The number of hydrogen-bond donors (Lipinski definition) is 0. The molecule has 1 saturated heterocycles. The summed E-state index contributed by atoms with van der Waals surface area (Å²) in [5, 5.41) is 3.72. The van der Waals surface area contributed by atoms with Gasteiger partial charge in [-0.1, -0.05) is 41.9 Å². The molecule has 4 heteroatoms. The third kappa shape index (κ3) is 2.99. The van der Waals surface area contributed by atoms with E-state index in [-0.39, 0.29) is 5.91 Å². The number of nitrogens with zero attached hydrogens (tertiary/aromatic N) is 2. The second kappa shape index (κ2) is 6.12. The highest BCUT2D eigenvalue weighted by molar-refractivity contribution is 5.94. The fourth-order valence-electron chi connectivity index (χ4n) is 3.00. The van der Waals surface area contributed by atoms with Crippen LogP contribution in [0.5, 0.6) is 0 Å². The SMILES string of the molecule is Cc1oncc1C(=O)N1CCCC[C@H](c2ccccc2)C1. The van der Waals surface area contributed by atoms with Gasteiger partial charge in [-0.15, -0.1) is 0 Å². The van der Waals surface area contributed by atoms with Crippen LogP contribution in [0, 0.1) is 6.92 Å². The van der Waals surface area contributed by atoms with Crippen molar-refractivity contribution in [3.63, 3.8) is 0 Å². The minimum atomic E-state index is 0.0385. The van der Waals surface area contributed by atoms with Gasteiger partial charge in [-0.05, 0) is 25.3 Å². The van der Waals surface area contributed by atoms with E-state index >= 15 is 0 Å². The van der Waals surface area contributed by atoms with Crippen molar-refractivity contribution in [2.75, 3.05) is 13.1 Å². The summed E-state index contributed by atoms with van der Waals surface area (Å²) in [7, 11) is 0. The molecule has 3 rings (SSSR count). The van der Waals surface area contributed by atoms with E-state index in [1.807, 2.05) is 11.0 Å². The summed E-state index contributed by atoms with van der Waals surface area (Å²) in [6.07, 6.45) is 4.88. The van der Waals surface area contributed by atoms with E-state index in [9.17, 15) is 4.79 Å². The van der Waals surface area contributed by atoms with E-state index in [2.05, 4.69) is 29.4 Å². The number of aromatic nitrogens is 1. The Balaban J connectivity index is 1.79. The minimum Gasteiger partial charge on any atom is -0.361 e. The van der Waals surface area contributed by atoms with Crippen LogP contribution in [-0.4, -0.2) is 29.1 Å². The summed E-state index contributed by atoms with van der Waals surface area (Å²) in [5.41, 5.74) is 1.91. The minimum absolute atomic E-state index is 0.0385. The van der Waals surface area contributed by atoms with Crippen LogP contribution >= 0.6 is 0 Å². The quantitative estimate of drug-likeness (QED) is 0.849. The third-order valence-corrected chi connectivity index (χ3v) is 4.21. The van der Waals surface area contributed by atoms with Gasteiger partial charge in [0.2, 0.25) is 0 Å². The van der Waals surface area contributed by atoms with Gasteiger partial charge < -0.3 is 9.42 Å². The molecule has 0 spiro atoms. The van der Waals surface area contributed by atoms with Gasteiger partial charge in [-0.25, -0.2) is 0 Å². The van der Waals surface area contributed by atoms with Crippen molar-refractivity contribution >= 4 is 5.91 Å². The van der Waals surface area contributed by atoms with Crippen molar-refractivity contribution in [2.45, 2.75) is 32.1 Å². The molecule has 4 nitrogen and oxygen atoms in total. The highest BCUT2D eigenvalue weighted by atomic mass is 16.5. The van der Waals surface area contributed by atoms with Crippen LogP contribution in [0.1, 0.15) is 46.9 Å². The van der Waals surface area contributed by atoms with Crippen molar-refractivity contribution in [3.05, 3.63) is 53.4 Å². The zero-order valence-electron chi connectivity index (χ0n) is 12.3. The molecule has 2 aromatic rings. The maximum atomic E-state index is 12.6. The highest BCUT2D eigenvalue weighted by Crippen LogP contribution is 2.27. The molecule has 21 heavy (non-hydrogen) atoms. The standard InChI is InChI=1S/C17H20N2O2/c1-13-16(11-18-21-13)17(20)19-10-6-5-9-15(12-19)14-7-3-2-4-8-14/h2-4,7-8,11,15H,5-6,9-10,12H2,1H3/t15-/m0/s1. The van der Waals surface area contributed by atoms with Crippen LogP contribution in [-0.2, 0) is 0 Å². The molecule has 0 N–H and O–H groups in total. The lowest BCUT2D eigenvalue weighted by atomic mass is 9.94. The maximum absolute atomic E-state index is 12.6. The van der Waals surface area contributed by atoms with E-state index in [1.165, 1.54) is 11.8 Å². The van der Waals surface area contributed by atoms with Gasteiger partial charge in [0.1, 0.15) is 11.3 Å². The Kier molecular flexibility index (Phi) is 4.04. The lowest BCUT2D eigenvalue weighted by molar-refractivity contribution is 0.0752. The van der Waals surface area contributed by atoms with Crippen LogP contribution in [0.2, 0.25) is 0 Å². The third-order valence-electron chi connectivity index (χ3n) is 4.21. The molecular weight excluding hydrogens is 264 g/mol. The zero-order valence-corrected chi connectivity index (χ0v) is 12.3. The largest absolute Gasteiger partial charge is 0.361 e. The average Bonchev–Trinajstić information content (AvgIpc) is 2.80. The van der Waals surface area contributed by atoms with Gasteiger partial charge >= 0.3 is 0 Å². The Bertz CT molecular complexity index is 606.